The Labute approximate surface area is 93.1 Å². The molecule has 0 aromatic rings. The van der Waals surface area contributed by atoms with Gasteiger partial charge in [0.25, 0.3) is 0 Å². The van der Waals surface area contributed by atoms with Crippen molar-refractivity contribution in [2.75, 3.05) is 0 Å². The molecule has 0 aliphatic heterocycles. The highest BCUT2D eigenvalue weighted by Crippen LogP contribution is 2.61. The molecule has 0 aromatic carbocycles. The zero-order valence-corrected chi connectivity index (χ0v) is 9.67. The standard InChI is InChI=1S/C15H22/c1-2-5-10(4-1)15-13-8-11-6-3-7-12(11)9-14(13)15/h10-12,15H,1-9H2. The van der Waals surface area contributed by atoms with Gasteiger partial charge in [0.1, 0.15) is 0 Å². The summed E-state index contributed by atoms with van der Waals surface area (Å²) in [7, 11) is 0. The van der Waals surface area contributed by atoms with E-state index < -0.39 is 0 Å². The van der Waals surface area contributed by atoms with Crippen molar-refractivity contribution in [3.8, 4) is 0 Å². The number of hydrogen-bond acceptors (Lipinski definition) is 0. The summed E-state index contributed by atoms with van der Waals surface area (Å²) in [6, 6.07) is 0. The Balaban J connectivity index is 1.48. The van der Waals surface area contributed by atoms with Crippen LogP contribution in [0.2, 0.25) is 0 Å². The zero-order valence-electron chi connectivity index (χ0n) is 9.67. The van der Waals surface area contributed by atoms with Gasteiger partial charge in [-0.05, 0) is 56.3 Å². The summed E-state index contributed by atoms with van der Waals surface area (Å²) in [6.07, 6.45) is 13.8. The highest BCUT2D eigenvalue weighted by atomic mass is 14.5. The van der Waals surface area contributed by atoms with Gasteiger partial charge >= 0.3 is 0 Å². The number of rotatable bonds is 1. The van der Waals surface area contributed by atoms with Crippen LogP contribution >= 0.6 is 0 Å². The lowest BCUT2D eigenvalue weighted by atomic mass is 9.86. The lowest BCUT2D eigenvalue weighted by Gasteiger charge is -2.19. The van der Waals surface area contributed by atoms with Crippen LogP contribution in [0.25, 0.3) is 0 Å². The first-order valence-electron chi connectivity index (χ1n) is 7.15. The fourth-order valence-corrected chi connectivity index (χ4v) is 4.93. The van der Waals surface area contributed by atoms with Crippen LogP contribution in [0.15, 0.2) is 11.1 Å². The average molecular weight is 202 g/mol. The van der Waals surface area contributed by atoms with Gasteiger partial charge in [-0.1, -0.05) is 30.4 Å². The summed E-state index contributed by atoms with van der Waals surface area (Å²) < 4.78 is 0. The summed E-state index contributed by atoms with van der Waals surface area (Å²) in [5.74, 6) is 4.40. The number of hydrogen-bond donors (Lipinski definition) is 0. The van der Waals surface area contributed by atoms with E-state index in [9.17, 15) is 0 Å². The second kappa shape index (κ2) is 3.12. The molecule has 0 radical (unpaired) electrons. The maximum absolute atomic E-state index is 1.96. The van der Waals surface area contributed by atoms with E-state index in [-0.39, 0.29) is 0 Å². The van der Waals surface area contributed by atoms with E-state index in [1.807, 2.05) is 11.1 Å². The van der Waals surface area contributed by atoms with E-state index in [4.69, 9.17) is 0 Å². The van der Waals surface area contributed by atoms with Crippen LogP contribution in [0, 0.1) is 23.7 Å². The summed E-state index contributed by atoms with van der Waals surface area (Å²) in [6.45, 7) is 0. The molecule has 82 valence electrons. The van der Waals surface area contributed by atoms with E-state index in [0.29, 0.717) is 0 Å². The molecule has 2 fully saturated rings. The summed E-state index contributed by atoms with van der Waals surface area (Å²) >= 11 is 0. The molecule has 4 aliphatic rings. The van der Waals surface area contributed by atoms with Crippen LogP contribution in [0.5, 0.6) is 0 Å². The first-order valence-corrected chi connectivity index (χ1v) is 7.15. The molecule has 0 aromatic heterocycles. The van der Waals surface area contributed by atoms with E-state index in [1.54, 1.807) is 25.7 Å². The third-order valence-corrected chi connectivity index (χ3v) is 5.73. The lowest BCUT2D eigenvalue weighted by molar-refractivity contribution is 0.380. The summed E-state index contributed by atoms with van der Waals surface area (Å²) in [5, 5.41) is 0. The van der Waals surface area contributed by atoms with E-state index in [2.05, 4.69) is 0 Å². The fraction of sp³-hybridized carbons (Fsp3) is 0.867. The van der Waals surface area contributed by atoms with Gasteiger partial charge in [0, 0.05) is 5.92 Å². The van der Waals surface area contributed by atoms with Crippen molar-refractivity contribution < 1.29 is 0 Å². The first kappa shape index (κ1) is 8.84. The molecule has 0 spiro atoms. The topological polar surface area (TPSA) is 0 Å². The number of fused-ring (bicyclic) bond motifs is 1. The van der Waals surface area contributed by atoms with Crippen LogP contribution in [-0.4, -0.2) is 0 Å². The predicted molar refractivity (Wildman–Crippen MR) is 62.5 cm³/mol. The van der Waals surface area contributed by atoms with Crippen molar-refractivity contribution >= 4 is 0 Å². The van der Waals surface area contributed by atoms with Crippen molar-refractivity contribution in [1.29, 1.82) is 0 Å². The second-order valence-electron chi connectivity index (χ2n) is 6.43. The third-order valence-electron chi connectivity index (χ3n) is 5.73. The summed E-state index contributed by atoms with van der Waals surface area (Å²) in [5.41, 5.74) is 3.93. The highest BCUT2D eigenvalue weighted by molar-refractivity contribution is 5.45. The summed E-state index contributed by atoms with van der Waals surface area (Å²) in [4.78, 5) is 0. The largest absolute Gasteiger partial charge is 0.0627 e. The van der Waals surface area contributed by atoms with E-state index in [1.165, 1.54) is 32.1 Å². The van der Waals surface area contributed by atoms with E-state index in [0.717, 1.165) is 23.7 Å². The van der Waals surface area contributed by atoms with Crippen LogP contribution in [0.3, 0.4) is 0 Å². The van der Waals surface area contributed by atoms with Crippen LogP contribution in [-0.2, 0) is 0 Å². The lowest BCUT2D eigenvalue weighted by Crippen LogP contribution is -2.08. The Hall–Kier alpha value is -0.260. The second-order valence-corrected chi connectivity index (χ2v) is 6.43. The third kappa shape index (κ3) is 1.26. The van der Waals surface area contributed by atoms with Crippen molar-refractivity contribution in [2.24, 2.45) is 23.7 Å². The van der Waals surface area contributed by atoms with Gasteiger partial charge in [0.2, 0.25) is 0 Å². The first-order chi connectivity index (χ1) is 7.43. The highest BCUT2D eigenvalue weighted by Gasteiger charge is 2.48. The van der Waals surface area contributed by atoms with Gasteiger partial charge < -0.3 is 0 Å². The minimum atomic E-state index is 1.05. The molecule has 0 heteroatoms. The average Bonchev–Trinajstić information content (AvgIpc) is 2.73. The van der Waals surface area contributed by atoms with Crippen molar-refractivity contribution in [3.63, 3.8) is 0 Å². The Morgan fingerprint density at radius 3 is 1.73 bits per heavy atom. The molecule has 4 rings (SSSR count). The minimum absolute atomic E-state index is 1.05. The molecule has 0 amide bonds. The van der Waals surface area contributed by atoms with Crippen molar-refractivity contribution in [3.05, 3.63) is 11.1 Å². The zero-order chi connectivity index (χ0) is 9.83. The molecule has 4 aliphatic carbocycles. The van der Waals surface area contributed by atoms with Gasteiger partial charge in [-0.25, -0.2) is 0 Å². The molecular weight excluding hydrogens is 180 g/mol. The van der Waals surface area contributed by atoms with E-state index >= 15 is 0 Å². The van der Waals surface area contributed by atoms with Gasteiger partial charge in [-0.3, -0.25) is 0 Å². The van der Waals surface area contributed by atoms with Gasteiger partial charge in [-0.2, -0.15) is 0 Å². The Bertz CT molecular complexity index is 284. The molecule has 0 bridgehead atoms. The molecule has 0 N–H and O–H groups in total. The molecular formula is C15H22. The van der Waals surface area contributed by atoms with Crippen molar-refractivity contribution in [1.82, 2.24) is 0 Å². The molecule has 15 heavy (non-hydrogen) atoms. The normalized spacial score (nSPS) is 44.4. The minimum Gasteiger partial charge on any atom is -0.0627 e. The molecule has 2 atom stereocenters. The molecule has 2 saturated carbocycles. The SMILES string of the molecule is C1CC2CC3=C(CC2C1)C3C1CCCC1. The predicted octanol–water partition coefficient (Wildman–Crippen LogP) is 4.31. The quantitative estimate of drug-likeness (QED) is 0.556. The Kier molecular flexibility index (Phi) is 1.84. The van der Waals surface area contributed by atoms with Gasteiger partial charge in [0.15, 0.2) is 0 Å². The van der Waals surface area contributed by atoms with Crippen LogP contribution in [0.1, 0.15) is 57.8 Å². The monoisotopic (exact) mass is 202 g/mol. The number of allylic oxidation sites excluding steroid dienone is 2. The molecule has 2 unspecified atom stereocenters. The van der Waals surface area contributed by atoms with Gasteiger partial charge in [-0.15, -0.1) is 0 Å². The maximum atomic E-state index is 1.96. The molecule has 0 heterocycles. The van der Waals surface area contributed by atoms with Crippen molar-refractivity contribution in [2.45, 2.75) is 57.8 Å². The van der Waals surface area contributed by atoms with Crippen LogP contribution < -0.4 is 0 Å². The fourth-order valence-electron chi connectivity index (χ4n) is 4.93. The molecule has 0 nitrogen and oxygen atoms in total. The maximum Gasteiger partial charge on any atom is 0.00412 e. The van der Waals surface area contributed by atoms with Gasteiger partial charge in [0.05, 0.1) is 0 Å². The molecule has 0 saturated heterocycles. The smallest absolute Gasteiger partial charge is 0.00412 e. The Morgan fingerprint density at radius 1 is 0.600 bits per heavy atom. The Morgan fingerprint density at radius 2 is 1.13 bits per heavy atom. The van der Waals surface area contributed by atoms with Crippen LogP contribution in [0.4, 0.5) is 0 Å².